The van der Waals surface area contributed by atoms with Gasteiger partial charge < -0.3 is 15.0 Å². The summed E-state index contributed by atoms with van der Waals surface area (Å²) in [5.41, 5.74) is 0.475. The fraction of sp³-hybridized carbons (Fsp3) is 0.400. The molecule has 5 heteroatoms. The standard InChI is InChI=1S/C10H14N2O2S/c1-2-12(6-7-13)10(14)8-4-3-5-11-9(8)15/h3-5,13H,2,6-7H2,1H3,(H,11,15). The van der Waals surface area contributed by atoms with E-state index in [2.05, 4.69) is 4.98 Å². The molecule has 0 radical (unpaired) electrons. The molecule has 0 spiro atoms. The average molecular weight is 226 g/mol. The lowest BCUT2D eigenvalue weighted by atomic mass is 10.2. The Kier molecular flexibility index (Phi) is 4.45. The minimum absolute atomic E-state index is 0.0388. The molecular formula is C10H14N2O2S. The van der Waals surface area contributed by atoms with Crippen molar-refractivity contribution in [3.8, 4) is 0 Å². The summed E-state index contributed by atoms with van der Waals surface area (Å²) in [6.45, 7) is 2.72. The van der Waals surface area contributed by atoms with Gasteiger partial charge in [-0.2, -0.15) is 0 Å². The highest BCUT2D eigenvalue weighted by Gasteiger charge is 2.14. The quantitative estimate of drug-likeness (QED) is 0.758. The molecule has 1 aromatic heterocycles. The number of aromatic nitrogens is 1. The third-order valence-electron chi connectivity index (χ3n) is 2.09. The van der Waals surface area contributed by atoms with Gasteiger partial charge in [-0.25, -0.2) is 0 Å². The maximum atomic E-state index is 11.9. The normalized spacial score (nSPS) is 10.0. The van der Waals surface area contributed by atoms with E-state index < -0.39 is 0 Å². The van der Waals surface area contributed by atoms with Crippen molar-refractivity contribution >= 4 is 18.1 Å². The van der Waals surface area contributed by atoms with E-state index in [9.17, 15) is 4.79 Å². The van der Waals surface area contributed by atoms with Crippen molar-refractivity contribution in [1.82, 2.24) is 9.88 Å². The smallest absolute Gasteiger partial charge is 0.256 e. The molecule has 0 aliphatic heterocycles. The van der Waals surface area contributed by atoms with Crippen LogP contribution in [-0.4, -0.2) is 40.6 Å². The summed E-state index contributed by atoms with van der Waals surface area (Å²) in [6, 6.07) is 3.41. The molecular weight excluding hydrogens is 212 g/mol. The lowest BCUT2D eigenvalue weighted by molar-refractivity contribution is 0.0731. The van der Waals surface area contributed by atoms with E-state index in [1.54, 1.807) is 23.2 Å². The van der Waals surface area contributed by atoms with E-state index in [0.29, 0.717) is 23.3 Å². The van der Waals surface area contributed by atoms with Gasteiger partial charge in [0.2, 0.25) is 0 Å². The molecule has 4 nitrogen and oxygen atoms in total. The van der Waals surface area contributed by atoms with Crippen LogP contribution in [-0.2, 0) is 0 Å². The highest BCUT2D eigenvalue weighted by Crippen LogP contribution is 2.04. The summed E-state index contributed by atoms with van der Waals surface area (Å²) in [7, 11) is 0. The van der Waals surface area contributed by atoms with Crippen LogP contribution in [0.5, 0.6) is 0 Å². The summed E-state index contributed by atoms with van der Waals surface area (Å²) in [5.74, 6) is -0.145. The van der Waals surface area contributed by atoms with Crippen molar-refractivity contribution in [2.75, 3.05) is 19.7 Å². The van der Waals surface area contributed by atoms with Crippen molar-refractivity contribution in [3.63, 3.8) is 0 Å². The summed E-state index contributed by atoms with van der Waals surface area (Å²) in [5, 5.41) is 8.81. The molecule has 0 atom stereocenters. The van der Waals surface area contributed by atoms with Crippen LogP contribution in [0.4, 0.5) is 0 Å². The fourth-order valence-corrected chi connectivity index (χ4v) is 1.51. The minimum atomic E-state index is -0.145. The van der Waals surface area contributed by atoms with Crippen LogP contribution < -0.4 is 0 Å². The van der Waals surface area contributed by atoms with Gasteiger partial charge in [0.15, 0.2) is 0 Å². The number of hydrogen-bond acceptors (Lipinski definition) is 3. The van der Waals surface area contributed by atoms with Crippen molar-refractivity contribution < 1.29 is 9.90 Å². The number of likely N-dealkylation sites (N-methyl/N-ethyl adjacent to an activating group) is 1. The molecule has 0 saturated carbocycles. The Morgan fingerprint density at radius 2 is 2.40 bits per heavy atom. The second-order valence-electron chi connectivity index (χ2n) is 3.02. The zero-order valence-electron chi connectivity index (χ0n) is 8.56. The molecule has 0 saturated heterocycles. The first kappa shape index (κ1) is 11.9. The third-order valence-corrected chi connectivity index (χ3v) is 2.43. The predicted octanol–water partition coefficient (Wildman–Crippen LogP) is 1.20. The summed E-state index contributed by atoms with van der Waals surface area (Å²) in [4.78, 5) is 16.3. The maximum Gasteiger partial charge on any atom is 0.256 e. The maximum absolute atomic E-state index is 11.9. The van der Waals surface area contributed by atoms with Crippen LogP contribution in [0.15, 0.2) is 18.3 Å². The van der Waals surface area contributed by atoms with E-state index in [1.165, 1.54) is 0 Å². The second-order valence-corrected chi connectivity index (χ2v) is 3.43. The van der Waals surface area contributed by atoms with E-state index in [4.69, 9.17) is 17.3 Å². The van der Waals surface area contributed by atoms with Crippen molar-refractivity contribution in [3.05, 3.63) is 28.5 Å². The Labute approximate surface area is 93.6 Å². The van der Waals surface area contributed by atoms with Gasteiger partial charge >= 0.3 is 0 Å². The average Bonchev–Trinajstić information content (AvgIpc) is 2.25. The zero-order valence-corrected chi connectivity index (χ0v) is 9.38. The van der Waals surface area contributed by atoms with Crippen LogP contribution in [0.25, 0.3) is 0 Å². The predicted molar refractivity (Wildman–Crippen MR) is 60.3 cm³/mol. The molecule has 1 aromatic rings. The SMILES string of the molecule is CCN(CCO)C(=O)c1ccc[nH]c1=S. The number of aromatic amines is 1. The lowest BCUT2D eigenvalue weighted by Gasteiger charge is -2.19. The van der Waals surface area contributed by atoms with E-state index in [-0.39, 0.29) is 12.5 Å². The number of hydrogen-bond donors (Lipinski definition) is 2. The molecule has 15 heavy (non-hydrogen) atoms. The van der Waals surface area contributed by atoms with Gasteiger partial charge in [-0.15, -0.1) is 0 Å². The van der Waals surface area contributed by atoms with Crippen molar-refractivity contribution in [1.29, 1.82) is 0 Å². The monoisotopic (exact) mass is 226 g/mol. The molecule has 0 aliphatic carbocycles. The van der Waals surface area contributed by atoms with Crippen molar-refractivity contribution in [2.45, 2.75) is 6.92 Å². The van der Waals surface area contributed by atoms with E-state index >= 15 is 0 Å². The molecule has 0 aliphatic rings. The molecule has 0 aromatic carbocycles. The minimum Gasteiger partial charge on any atom is -0.395 e. The fourth-order valence-electron chi connectivity index (χ4n) is 1.28. The molecule has 0 unspecified atom stereocenters. The van der Waals surface area contributed by atoms with E-state index in [1.807, 2.05) is 6.92 Å². The molecule has 1 rings (SSSR count). The summed E-state index contributed by atoms with van der Waals surface area (Å²) in [6.07, 6.45) is 1.68. The number of H-pyrrole nitrogens is 1. The van der Waals surface area contributed by atoms with Crippen LogP contribution >= 0.6 is 12.2 Å². The van der Waals surface area contributed by atoms with Gasteiger partial charge in [-0.3, -0.25) is 4.79 Å². The molecule has 82 valence electrons. The Morgan fingerprint density at radius 3 is 2.93 bits per heavy atom. The Bertz CT molecular complexity index is 389. The van der Waals surface area contributed by atoms with E-state index in [0.717, 1.165) is 0 Å². The molecule has 1 heterocycles. The lowest BCUT2D eigenvalue weighted by Crippen LogP contribution is -2.33. The molecule has 2 N–H and O–H groups in total. The summed E-state index contributed by atoms with van der Waals surface area (Å²) >= 11 is 5.01. The first-order valence-corrected chi connectivity index (χ1v) is 5.19. The molecule has 1 amide bonds. The summed E-state index contributed by atoms with van der Waals surface area (Å²) < 4.78 is 0.430. The van der Waals surface area contributed by atoms with Crippen LogP contribution in [0.1, 0.15) is 17.3 Å². The first-order valence-electron chi connectivity index (χ1n) is 4.78. The number of nitrogens with one attached hydrogen (secondary N) is 1. The Hall–Kier alpha value is -1.20. The Morgan fingerprint density at radius 1 is 1.67 bits per heavy atom. The second kappa shape index (κ2) is 5.63. The zero-order chi connectivity index (χ0) is 11.3. The third kappa shape index (κ3) is 2.87. The number of carbonyl (C=O) groups is 1. The number of carbonyl (C=O) groups excluding carboxylic acids is 1. The number of aliphatic hydroxyl groups excluding tert-OH is 1. The molecule has 0 fully saturated rings. The van der Waals surface area contributed by atoms with Crippen LogP contribution in [0, 0.1) is 4.64 Å². The number of rotatable bonds is 4. The van der Waals surface area contributed by atoms with Crippen LogP contribution in [0.3, 0.4) is 0 Å². The topological polar surface area (TPSA) is 56.3 Å². The Balaban J connectivity index is 2.93. The van der Waals surface area contributed by atoms with Crippen molar-refractivity contribution in [2.24, 2.45) is 0 Å². The number of nitrogens with zero attached hydrogens (tertiary/aromatic N) is 1. The van der Waals surface area contributed by atoms with Gasteiger partial charge in [0.1, 0.15) is 4.64 Å². The molecule has 0 bridgehead atoms. The number of amides is 1. The van der Waals surface area contributed by atoms with Gasteiger partial charge in [-0.1, -0.05) is 12.2 Å². The largest absolute Gasteiger partial charge is 0.395 e. The highest BCUT2D eigenvalue weighted by molar-refractivity contribution is 7.71. The first-order chi connectivity index (χ1) is 7.20. The van der Waals surface area contributed by atoms with Crippen LogP contribution in [0.2, 0.25) is 0 Å². The van der Waals surface area contributed by atoms with Gasteiger partial charge in [-0.05, 0) is 19.1 Å². The number of aliphatic hydroxyl groups is 1. The van der Waals surface area contributed by atoms with Gasteiger partial charge in [0.25, 0.3) is 5.91 Å². The highest BCUT2D eigenvalue weighted by atomic mass is 32.1. The van der Waals surface area contributed by atoms with Gasteiger partial charge in [0.05, 0.1) is 12.2 Å². The van der Waals surface area contributed by atoms with Gasteiger partial charge in [0, 0.05) is 19.3 Å². The number of pyridine rings is 1.